The molecule has 0 atom stereocenters. The number of H-pyrrole nitrogens is 1. The molecule has 0 amide bonds. The van der Waals surface area contributed by atoms with Gasteiger partial charge in [-0.05, 0) is 26.0 Å². The summed E-state index contributed by atoms with van der Waals surface area (Å²) in [6.07, 6.45) is 0. The average molecular weight is 1060 g/mol. The molecule has 1 N–H and O–H groups in total. The van der Waals surface area contributed by atoms with Crippen LogP contribution in [-0.4, -0.2) is 4.98 Å². The molecule has 53 heavy (non-hydrogen) atoms. The zero-order chi connectivity index (χ0) is 31.6. The van der Waals surface area contributed by atoms with Gasteiger partial charge in [0.2, 0.25) is 0 Å². The number of nitrogens with one attached hydrogen (secondary N) is 1. The third-order valence-corrected chi connectivity index (χ3v) is 6.42. The molecule has 0 fully saturated rings. The first-order valence-electron chi connectivity index (χ1n) is 14.1. The summed E-state index contributed by atoms with van der Waals surface area (Å²) in [7, 11) is 9.90. The quantitative estimate of drug-likeness (QED) is 0.139. The molecular formula is C38H45Cl2N7Zn6. The van der Waals surface area contributed by atoms with E-state index in [4.69, 9.17) is 19.4 Å². The fraction of sp³-hybridized carbons (Fsp3) is 0.158. The molecule has 0 radical (unpaired) electrons. The number of rotatable bonds is 4. The maximum atomic E-state index is 4.95. The predicted octanol–water partition coefficient (Wildman–Crippen LogP) is 9.81. The van der Waals surface area contributed by atoms with Crippen LogP contribution in [0.5, 0.6) is 0 Å². The Morgan fingerprint density at radius 1 is 0.340 bits per heavy atom. The fourth-order valence-corrected chi connectivity index (χ4v) is 4.37. The van der Waals surface area contributed by atoms with Gasteiger partial charge < -0.3 is 64.6 Å². The molecule has 0 aliphatic heterocycles. The molecule has 0 saturated heterocycles. The average Bonchev–Trinajstić information content (AvgIpc) is 3.80. The van der Waals surface area contributed by atoms with Gasteiger partial charge in [0.15, 0.2) is 0 Å². The molecule has 0 aromatic carbocycles. The normalized spacial score (nSPS) is 8.45. The number of hydrogen-bond acceptors (Lipinski definition) is 0. The van der Waals surface area contributed by atoms with E-state index in [-0.39, 0.29) is 127 Å². The minimum absolute atomic E-state index is 0. The van der Waals surface area contributed by atoms with Crippen LogP contribution in [0.15, 0.2) is 84.9 Å². The van der Waals surface area contributed by atoms with E-state index in [1.54, 1.807) is 0 Å². The summed E-state index contributed by atoms with van der Waals surface area (Å²) in [5.74, 6) is 0. The molecule has 258 valence electrons. The van der Waals surface area contributed by atoms with Crippen LogP contribution >= 0.6 is 19.4 Å². The van der Waals surface area contributed by atoms with E-state index in [9.17, 15) is 0 Å². The largest absolute Gasteiger partial charge is 2.00 e. The van der Waals surface area contributed by atoms with E-state index < -0.39 is 15.1 Å². The topological polar surface area (TPSA) is 100 Å². The van der Waals surface area contributed by atoms with Gasteiger partial charge in [0.05, 0.1) is 0 Å². The first kappa shape index (κ1) is 64.2. The van der Waals surface area contributed by atoms with Crippen molar-refractivity contribution in [2.24, 2.45) is 0 Å². The van der Waals surface area contributed by atoms with Crippen molar-refractivity contribution in [3.05, 3.63) is 149 Å². The van der Waals surface area contributed by atoms with Gasteiger partial charge in [0.1, 0.15) is 0 Å². The third-order valence-electron chi connectivity index (χ3n) is 6.42. The Bertz CT molecular complexity index is 1640. The molecule has 0 unspecified atom stereocenters. The van der Waals surface area contributed by atoms with Crippen molar-refractivity contribution in [2.45, 2.75) is 41.5 Å². The van der Waals surface area contributed by atoms with Gasteiger partial charge >= 0.3 is 132 Å². The Kier molecular flexibility index (Phi) is 39.2. The van der Waals surface area contributed by atoms with Crippen LogP contribution in [0.4, 0.5) is 0 Å². The number of nitrogens with zero attached hydrogens (tertiary/aromatic N) is 6. The zero-order valence-corrected chi connectivity index (χ0v) is 52.6. The molecule has 0 aliphatic carbocycles. The van der Waals surface area contributed by atoms with E-state index in [2.05, 4.69) is 47.0 Å². The van der Waals surface area contributed by atoms with E-state index in [1.165, 1.54) is 11.4 Å². The molecule has 15 heteroatoms. The van der Waals surface area contributed by atoms with Crippen molar-refractivity contribution in [3.63, 3.8) is 0 Å². The van der Waals surface area contributed by atoms with Gasteiger partial charge in [0.25, 0.3) is 0 Å². The van der Waals surface area contributed by atoms with Crippen molar-refractivity contribution in [3.8, 4) is 45.6 Å². The number of aryl methyl sites for hydroxylation is 6. The Labute approximate surface area is 398 Å². The summed E-state index contributed by atoms with van der Waals surface area (Å²) >= 11 is -0.931. The van der Waals surface area contributed by atoms with Crippen LogP contribution in [0.1, 0.15) is 34.2 Å². The molecule has 7 aromatic heterocycles. The van der Waals surface area contributed by atoms with Gasteiger partial charge in [-0.2, -0.15) is 68.3 Å². The molecule has 7 aromatic rings. The predicted molar refractivity (Wildman–Crippen MR) is 201 cm³/mol. The number of aromatic nitrogens is 7. The van der Waals surface area contributed by atoms with Crippen LogP contribution in [0.25, 0.3) is 45.6 Å². The standard InChI is InChI=1S/2C14H12N3.C6H9N.4CH3.2ClH.6Zn/c2*1-9-3-5-11(15-9)13-7-8-14(17-13)12-6-4-10(2)16-12;1-5-3-4-6(2)7-5;;;;;;;;;;;;/h2*3-8H,1-2H3;3-4,7H,1-2H3;4*1H3;2*1H;;;;;;/q2*-3;;4*-1;;;6*+2/p-2. The molecule has 7 nitrogen and oxygen atoms in total. The van der Waals surface area contributed by atoms with Crippen molar-refractivity contribution in [1.29, 1.82) is 0 Å². The SMILES string of the molecule is Cc1ccc(-c2ccc(-c3ccc(C)[n-]3)[n-]2)[n-]1.Cc1ccc(-c2ccc(-c3ccc(C)[n-]3)[n-]2)[n-]1.Cc1ccc(C)[nH]1.[CH3-].[CH3-].[CH3-].[CH3-].[Cl][Zn][Cl].[Zn+2].[Zn+2].[Zn+2].[Zn+2].[Zn+2]. The van der Waals surface area contributed by atoms with Gasteiger partial charge in [-0.15, -0.1) is 0 Å². The van der Waals surface area contributed by atoms with Crippen LogP contribution in [0.2, 0.25) is 0 Å². The number of hydrogen-bond donors (Lipinski definition) is 1. The minimum atomic E-state index is -0.931. The van der Waals surface area contributed by atoms with E-state index >= 15 is 0 Å². The Morgan fingerprint density at radius 3 is 0.642 bits per heavy atom. The number of aromatic amines is 1. The van der Waals surface area contributed by atoms with Crippen LogP contribution in [-0.2, 0) is 113 Å². The third kappa shape index (κ3) is 20.3. The fourth-order valence-electron chi connectivity index (χ4n) is 4.37. The van der Waals surface area contributed by atoms with Crippen molar-refractivity contribution >= 4 is 19.4 Å². The van der Waals surface area contributed by atoms with Crippen molar-refractivity contribution in [2.75, 3.05) is 0 Å². The minimum Gasteiger partial charge on any atom is 2.00 e. The van der Waals surface area contributed by atoms with Gasteiger partial charge in [-0.3, -0.25) is 0 Å². The zero-order valence-electron chi connectivity index (χ0n) is 33.3. The van der Waals surface area contributed by atoms with E-state index in [1.807, 2.05) is 114 Å². The van der Waals surface area contributed by atoms with E-state index in [0.29, 0.717) is 0 Å². The second kappa shape index (κ2) is 32.4. The van der Waals surface area contributed by atoms with E-state index in [0.717, 1.165) is 68.3 Å². The Balaban J connectivity index is -0.000000147. The summed E-state index contributed by atoms with van der Waals surface area (Å²) in [6, 6.07) is 28.0. The molecular weight excluding hydrogens is 1020 g/mol. The Hall–Kier alpha value is -0.720. The van der Waals surface area contributed by atoms with Crippen molar-refractivity contribution in [1.82, 2.24) is 34.9 Å². The number of halogens is 2. The molecule has 7 heterocycles. The molecule has 0 saturated carbocycles. The smallest absolute Gasteiger partial charge is 2.00 e. The van der Waals surface area contributed by atoms with Crippen LogP contribution < -0.4 is 29.9 Å². The van der Waals surface area contributed by atoms with Gasteiger partial charge in [-0.25, -0.2) is 0 Å². The Morgan fingerprint density at radius 2 is 0.509 bits per heavy atom. The first-order valence-corrected chi connectivity index (χ1v) is 21.9. The maximum Gasteiger partial charge on any atom is 2.00 e. The molecule has 0 bridgehead atoms. The monoisotopic (exact) mass is 1050 g/mol. The van der Waals surface area contributed by atoms with Gasteiger partial charge in [0, 0.05) is 11.4 Å². The molecule has 0 aliphatic rings. The van der Waals surface area contributed by atoms with Crippen LogP contribution in [0.3, 0.4) is 0 Å². The van der Waals surface area contributed by atoms with Crippen LogP contribution in [0, 0.1) is 71.2 Å². The van der Waals surface area contributed by atoms with Gasteiger partial charge in [-0.1, -0.05) is 100 Å². The second-order valence-electron chi connectivity index (χ2n) is 10.2. The second-order valence-corrected chi connectivity index (χ2v) is 14.9. The van der Waals surface area contributed by atoms with Crippen molar-refractivity contribution < 1.29 is 113 Å². The maximum absolute atomic E-state index is 4.95. The first-order chi connectivity index (χ1) is 21.1. The molecule has 0 spiro atoms. The summed E-state index contributed by atoms with van der Waals surface area (Å²) in [5, 5.41) is 0. The summed E-state index contributed by atoms with van der Waals surface area (Å²) < 4.78 is 0. The molecule has 7 rings (SSSR count). The summed E-state index contributed by atoms with van der Waals surface area (Å²) in [5.41, 5.74) is 13.9. The summed E-state index contributed by atoms with van der Waals surface area (Å²) in [6.45, 7) is 12.0. The summed E-state index contributed by atoms with van der Waals surface area (Å²) in [4.78, 5) is 29.9.